The van der Waals surface area contributed by atoms with Crippen molar-refractivity contribution in [3.63, 3.8) is 0 Å². The predicted molar refractivity (Wildman–Crippen MR) is 59.5 cm³/mol. The Morgan fingerprint density at radius 3 is 2.38 bits per heavy atom. The second-order valence-electron chi connectivity index (χ2n) is 3.70. The van der Waals surface area contributed by atoms with Crippen LogP contribution in [0.3, 0.4) is 0 Å². The highest BCUT2D eigenvalue weighted by atomic mass is 19.3. The minimum Gasteiger partial charge on any atom is -0.395 e. The molecule has 0 aliphatic carbocycles. The quantitative estimate of drug-likeness (QED) is 0.809. The highest BCUT2D eigenvalue weighted by molar-refractivity contribution is 5.18. The van der Waals surface area contributed by atoms with Crippen molar-refractivity contribution in [1.29, 1.82) is 0 Å². The number of halogens is 2. The van der Waals surface area contributed by atoms with Crippen LogP contribution in [-0.4, -0.2) is 36.1 Å². The van der Waals surface area contributed by atoms with E-state index in [0.29, 0.717) is 0 Å². The summed E-state index contributed by atoms with van der Waals surface area (Å²) in [4.78, 5) is 1.58. The smallest absolute Gasteiger partial charge is 0.251 e. The van der Waals surface area contributed by atoms with E-state index in [1.54, 1.807) is 4.90 Å². The largest absolute Gasteiger partial charge is 0.395 e. The zero-order valence-corrected chi connectivity index (χ0v) is 9.31. The lowest BCUT2D eigenvalue weighted by atomic mass is 10.1. The summed E-state index contributed by atoms with van der Waals surface area (Å²) in [5.41, 5.74) is 0.983. The summed E-state index contributed by atoms with van der Waals surface area (Å²) >= 11 is 0. The van der Waals surface area contributed by atoms with E-state index in [4.69, 9.17) is 5.11 Å². The van der Waals surface area contributed by atoms with Gasteiger partial charge < -0.3 is 5.11 Å². The van der Waals surface area contributed by atoms with E-state index < -0.39 is 6.43 Å². The van der Waals surface area contributed by atoms with Crippen LogP contribution in [0.1, 0.15) is 18.5 Å². The van der Waals surface area contributed by atoms with Crippen molar-refractivity contribution in [1.82, 2.24) is 4.90 Å². The van der Waals surface area contributed by atoms with E-state index in [1.165, 1.54) is 0 Å². The van der Waals surface area contributed by atoms with Gasteiger partial charge in [-0.3, -0.25) is 4.90 Å². The highest BCUT2D eigenvalue weighted by Crippen LogP contribution is 2.20. The molecule has 1 aromatic rings. The van der Waals surface area contributed by atoms with E-state index in [2.05, 4.69) is 0 Å². The first-order valence-electron chi connectivity index (χ1n) is 5.33. The van der Waals surface area contributed by atoms with Crippen molar-refractivity contribution in [2.75, 3.05) is 19.7 Å². The van der Waals surface area contributed by atoms with Crippen molar-refractivity contribution < 1.29 is 13.9 Å². The van der Waals surface area contributed by atoms with Crippen LogP contribution in [0.4, 0.5) is 8.78 Å². The monoisotopic (exact) mass is 229 g/mol. The van der Waals surface area contributed by atoms with Crippen LogP contribution in [0, 0.1) is 0 Å². The van der Waals surface area contributed by atoms with Crippen molar-refractivity contribution in [3.05, 3.63) is 35.9 Å². The standard InChI is InChI=1S/C12H17F2NO/c1-10(11-5-3-2-4-6-11)15(7-8-16)9-12(13)14/h2-6,10,12,16H,7-9H2,1H3. The topological polar surface area (TPSA) is 23.5 Å². The Kier molecular flexibility index (Phi) is 5.35. The molecule has 0 bridgehead atoms. The fourth-order valence-electron chi connectivity index (χ4n) is 1.69. The van der Waals surface area contributed by atoms with E-state index >= 15 is 0 Å². The van der Waals surface area contributed by atoms with Crippen LogP contribution in [0.25, 0.3) is 0 Å². The van der Waals surface area contributed by atoms with Gasteiger partial charge in [0.25, 0.3) is 6.43 Å². The molecule has 0 heterocycles. The number of aliphatic hydroxyl groups is 1. The average molecular weight is 229 g/mol. The lowest BCUT2D eigenvalue weighted by Gasteiger charge is -2.28. The summed E-state index contributed by atoms with van der Waals surface area (Å²) in [6.45, 7) is 1.72. The molecule has 1 atom stereocenters. The van der Waals surface area contributed by atoms with Crippen molar-refractivity contribution >= 4 is 0 Å². The molecule has 90 valence electrons. The Morgan fingerprint density at radius 1 is 1.25 bits per heavy atom. The first kappa shape index (κ1) is 13.1. The molecule has 0 fully saturated rings. The van der Waals surface area contributed by atoms with E-state index in [-0.39, 0.29) is 25.7 Å². The van der Waals surface area contributed by atoms with Gasteiger partial charge in [0.15, 0.2) is 0 Å². The maximum absolute atomic E-state index is 12.4. The molecule has 0 amide bonds. The molecule has 1 rings (SSSR count). The second-order valence-corrected chi connectivity index (χ2v) is 3.70. The van der Waals surface area contributed by atoms with Gasteiger partial charge in [-0.25, -0.2) is 8.78 Å². The zero-order valence-electron chi connectivity index (χ0n) is 9.31. The molecule has 0 radical (unpaired) electrons. The molecule has 1 N–H and O–H groups in total. The van der Waals surface area contributed by atoms with Gasteiger partial charge >= 0.3 is 0 Å². The summed E-state index contributed by atoms with van der Waals surface area (Å²) < 4.78 is 24.7. The molecule has 0 aliphatic heterocycles. The minimum absolute atomic E-state index is 0.107. The molecule has 0 saturated heterocycles. The SMILES string of the molecule is CC(c1ccccc1)N(CCO)CC(F)F. The Bertz CT molecular complexity index is 292. The molecule has 1 unspecified atom stereocenters. The molecule has 0 aliphatic rings. The molecule has 16 heavy (non-hydrogen) atoms. The summed E-state index contributed by atoms with van der Waals surface area (Å²) in [5.74, 6) is 0. The third-order valence-corrected chi connectivity index (χ3v) is 2.59. The van der Waals surface area contributed by atoms with Crippen molar-refractivity contribution in [2.45, 2.75) is 19.4 Å². The predicted octanol–water partition coefficient (Wildman–Crippen LogP) is 2.31. The van der Waals surface area contributed by atoms with Crippen LogP contribution in [0.5, 0.6) is 0 Å². The third-order valence-electron chi connectivity index (χ3n) is 2.59. The minimum atomic E-state index is -2.38. The summed E-state index contributed by atoms with van der Waals surface area (Å²) in [5, 5.41) is 8.86. The van der Waals surface area contributed by atoms with Gasteiger partial charge in [0, 0.05) is 12.6 Å². The summed E-state index contributed by atoms with van der Waals surface area (Å²) in [6.07, 6.45) is -2.38. The number of nitrogens with zero attached hydrogens (tertiary/aromatic N) is 1. The van der Waals surface area contributed by atoms with Gasteiger partial charge in [0.05, 0.1) is 13.2 Å². The first-order valence-corrected chi connectivity index (χ1v) is 5.33. The zero-order chi connectivity index (χ0) is 12.0. The molecule has 0 aromatic heterocycles. The normalized spacial score (nSPS) is 13.4. The van der Waals surface area contributed by atoms with Gasteiger partial charge in [-0.05, 0) is 12.5 Å². The molecular weight excluding hydrogens is 212 g/mol. The average Bonchev–Trinajstić information content (AvgIpc) is 2.28. The lowest BCUT2D eigenvalue weighted by molar-refractivity contribution is 0.0585. The summed E-state index contributed by atoms with van der Waals surface area (Å²) in [6, 6.07) is 9.35. The number of alkyl halides is 2. The van der Waals surface area contributed by atoms with Crippen LogP contribution >= 0.6 is 0 Å². The Hall–Kier alpha value is -1.00. The fraction of sp³-hybridized carbons (Fsp3) is 0.500. The molecule has 0 saturated carbocycles. The lowest BCUT2D eigenvalue weighted by Crippen LogP contribution is -2.34. The fourth-order valence-corrected chi connectivity index (χ4v) is 1.69. The number of hydrogen-bond donors (Lipinski definition) is 1. The van der Waals surface area contributed by atoms with Crippen LogP contribution < -0.4 is 0 Å². The molecule has 2 nitrogen and oxygen atoms in total. The van der Waals surface area contributed by atoms with Crippen molar-refractivity contribution in [2.24, 2.45) is 0 Å². The first-order chi connectivity index (χ1) is 7.65. The number of benzene rings is 1. The maximum Gasteiger partial charge on any atom is 0.251 e. The van der Waals surface area contributed by atoms with E-state index in [0.717, 1.165) is 5.56 Å². The Labute approximate surface area is 94.5 Å². The van der Waals surface area contributed by atoms with Gasteiger partial charge in [0.1, 0.15) is 0 Å². The van der Waals surface area contributed by atoms with Gasteiger partial charge in [0.2, 0.25) is 0 Å². The molecule has 0 spiro atoms. The maximum atomic E-state index is 12.4. The third kappa shape index (κ3) is 3.87. The molecule has 1 aromatic carbocycles. The highest BCUT2D eigenvalue weighted by Gasteiger charge is 2.18. The van der Waals surface area contributed by atoms with Gasteiger partial charge in [-0.2, -0.15) is 0 Å². The van der Waals surface area contributed by atoms with Gasteiger partial charge in [-0.1, -0.05) is 30.3 Å². The van der Waals surface area contributed by atoms with Gasteiger partial charge in [-0.15, -0.1) is 0 Å². The Morgan fingerprint density at radius 2 is 1.88 bits per heavy atom. The van der Waals surface area contributed by atoms with Crippen LogP contribution in [0.2, 0.25) is 0 Å². The second kappa shape index (κ2) is 6.55. The molecule has 4 heteroatoms. The summed E-state index contributed by atoms with van der Waals surface area (Å²) in [7, 11) is 0. The molecular formula is C12H17F2NO. The van der Waals surface area contributed by atoms with Crippen LogP contribution in [-0.2, 0) is 0 Å². The number of aliphatic hydroxyl groups excluding tert-OH is 1. The van der Waals surface area contributed by atoms with Crippen molar-refractivity contribution in [3.8, 4) is 0 Å². The number of hydrogen-bond acceptors (Lipinski definition) is 2. The number of rotatable bonds is 6. The van der Waals surface area contributed by atoms with E-state index in [1.807, 2.05) is 37.3 Å². The van der Waals surface area contributed by atoms with E-state index in [9.17, 15) is 8.78 Å². The Balaban J connectivity index is 2.70. The van der Waals surface area contributed by atoms with Crippen LogP contribution in [0.15, 0.2) is 30.3 Å².